The predicted octanol–water partition coefficient (Wildman–Crippen LogP) is 1.27. The summed E-state index contributed by atoms with van der Waals surface area (Å²) in [5.74, 6) is 0.560. The Morgan fingerprint density at radius 2 is 1.64 bits per heavy atom. The first kappa shape index (κ1) is 16.5. The van der Waals surface area contributed by atoms with Crippen molar-refractivity contribution >= 4 is 7.82 Å². The normalized spacial score (nSPS) is 13.0. The molecule has 0 bridgehead atoms. The molecule has 0 saturated carbocycles. The number of rotatable bonds is 5. The molecule has 1 unspecified atom stereocenters. The highest BCUT2D eigenvalue weighted by atomic mass is 31.2. The molecule has 0 spiro atoms. The van der Waals surface area contributed by atoms with Gasteiger partial charge in [0.05, 0.1) is 0 Å². The van der Waals surface area contributed by atoms with Crippen molar-refractivity contribution < 1.29 is 24.4 Å². The molecule has 0 aliphatic heterocycles. The molecule has 1 atom stereocenters. The van der Waals surface area contributed by atoms with E-state index < -0.39 is 7.82 Å². The molecule has 14 heavy (non-hydrogen) atoms. The number of hydrogen-bond acceptors (Lipinski definition) is 2. The number of aliphatic hydroxyl groups is 1. The summed E-state index contributed by atoms with van der Waals surface area (Å²) in [5, 5.41) is 8.75. The fraction of sp³-hybridized carbons (Fsp3) is 1.00. The lowest BCUT2D eigenvalue weighted by molar-refractivity contribution is 0.212. The van der Waals surface area contributed by atoms with Gasteiger partial charge in [-0.3, -0.25) is 0 Å². The Bertz CT molecular complexity index is 144. The second-order valence-electron chi connectivity index (χ2n) is 3.11. The Hall–Kier alpha value is 0.0700. The first-order chi connectivity index (χ1) is 6.35. The van der Waals surface area contributed by atoms with E-state index in [1.807, 2.05) is 0 Å². The van der Waals surface area contributed by atoms with Crippen molar-refractivity contribution in [2.45, 2.75) is 39.5 Å². The van der Waals surface area contributed by atoms with Gasteiger partial charge in [0, 0.05) is 6.61 Å². The molecule has 0 rings (SSSR count). The third-order valence-electron chi connectivity index (χ3n) is 1.80. The maximum atomic E-state index is 8.88. The Morgan fingerprint density at radius 3 is 1.86 bits per heavy atom. The van der Waals surface area contributed by atoms with Crippen molar-refractivity contribution in [3.63, 3.8) is 0 Å². The Balaban J connectivity index is 0. The van der Waals surface area contributed by atoms with Crippen molar-refractivity contribution in [3.8, 4) is 0 Å². The monoisotopic (exact) mass is 228 g/mol. The summed E-state index contributed by atoms with van der Waals surface area (Å²) in [6.45, 7) is 4.69. The third-order valence-corrected chi connectivity index (χ3v) is 1.80. The van der Waals surface area contributed by atoms with Gasteiger partial charge in [0.1, 0.15) is 0 Å². The van der Waals surface area contributed by atoms with E-state index in [0.717, 1.165) is 6.42 Å². The van der Waals surface area contributed by atoms with Gasteiger partial charge in [-0.05, 0) is 12.3 Å². The van der Waals surface area contributed by atoms with Crippen LogP contribution in [-0.2, 0) is 4.57 Å². The van der Waals surface area contributed by atoms with Crippen LogP contribution < -0.4 is 0 Å². The summed E-state index contributed by atoms with van der Waals surface area (Å²) in [6, 6.07) is 0. The number of hydrogen-bond donors (Lipinski definition) is 4. The molecule has 0 aliphatic rings. The number of unbranched alkanes of at least 4 members (excludes halogenated alkanes) is 1. The van der Waals surface area contributed by atoms with Crippen LogP contribution in [0.1, 0.15) is 39.5 Å². The van der Waals surface area contributed by atoms with Crippen LogP contribution in [0.15, 0.2) is 0 Å². The topological polar surface area (TPSA) is 98.0 Å². The van der Waals surface area contributed by atoms with Crippen molar-refractivity contribution in [1.82, 2.24) is 0 Å². The molecule has 0 saturated heterocycles. The van der Waals surface area contributed by atoms with E-state index in [1.165, 1.54) is 19.3 Å². The molecule has 0 aliphatic carbocycles. The van der Waals surface area contributed by atoms with E-state index >= 15 is 0 Å². The van der Waals surface area contributed by atoms with Gasteiger partial charge in [0.15, 0.2) is 0 Å². The van der Waals surface area contributed by atoms with Crippen LogP contribution in [0.25, 0.3) is 0 Å². The highest BCUT2D eigenvalue weighted by Gasteiger charge is 2.01. The Kier molecular flexibility index (Phi) is 11.3. The van der Waals surface area contributed by atoms with Crippen molar-refractivity contribution in [1.29, 1.82) is 0 Å². The van der Waals surface area contributed by atoms with Crippen LogP contribution in [0.5, 0.6) is 0 Å². The molecular formula is C8H21O5P. The van der Waals surface area contributed by atoms with E-state index in [4.69, 9.17) is 24.4 Å². The van der Waals surface area contributed by atoms with E-state index in [2.05, 4.69) is 13.8 Å². The van der Waals surface area contributed by atoms with Gasteiger partial charge in [-0.2, -0.15) is 0 Å². The molecule has 6 heteroatoms. The van der Waals surface area contributed by atoms with Crippen molar-refractivity contribution in [2.24, 2.45) is 5.92 Å². The van der Waals surface area contributed by atoms with Crippen LogP contribution in [0.3, 0.4) is 0 Å². The van der Waals surface area contributed by atoms with Gasteiger partial charge in [-0.15, -0.1) is 0 Å². The predicted molar refractivity (Wildman–Crippen MR) is 54.7 cm³/mol. The van der Waals surface area contributed by atoms with Crippen LogP contribution in [0.2, 0.25) is 0 Å². The molecule has 88 valence electrons. The molecule has 0 aromatic carbocycles. The van der Waals surface area contributed by atoms with Crippen LogP contribution >= 0.6 is 7.82 Å². The SMILES string of the molecule is CCCCC(CC)CO.O=P(O)(O)O. The largest absolute Gasteiger partial charge is 0.466 e. The van der Waals surface area contributed by atoms with E-state index in [1.54, 1.807) is 0 Å². The van der Waals surface area contributed by atoms with Gasteiger partial charge in [-0.25, -0.2) is 4.57 Å². The molecule has 0 radical (unpaired) electrons. The Labute approximate surface area is 85.0 Å². The Morgan fingerprint density at radius 1 is 1.21 bits per heavy atom. The lowest BCUT2D eigenvalue weighted by Crippen LogP contribution is -2.03. The van der Waals surface area contributed by atoms with E-state index in [9.17, 15) is 0 Å². The highest BCUT2D eigenvalue weighted by Crippen LogP contribution is 2.25. The van der Waals surface area contributed by atoms with Crippen molar-refractivity contribution in [3.05, 3.63) is 0 Å². The molecular weight excluding hydrogens is 207 g/mol. The van der Waals surface area contributed by atoms with Crippen LogP contribution in [0.4, 0.5) is 0 Å². The first-order valence-electron chi connectivity index (χ1n) is 4.74. The molecule has 0 heterocycles. The lowest BCUT2D eigenvalue weighted by atomic mass is 10.0. The number of phosphoric acid groups is 1. The summed E-state index contributed by atoms with van der Waals surface area (Å²) in [5.41, 5.74) is 0. The van der Waals surface area contributed by atoms with E-state index in [-0.39, 0.29) is 0 Å². The minimum atomic E-state index is -4.64. The smallest absolute Gasteiger partial charge is 0.396 e. The quantitative estimate of drug-likeness (QED) is 0.531. The standard InChI is InChI=1S/C8H18O.H3O4P/c1-3-5-6-8(4-2)7-9;1-5(2,3)4/h8-9H,3-7H2,1-2H3;(H3,1,2,3,4). The maximum absolute atomic E-state index is 8.88. The third kappa shape index (κ3) is 22.7. The highest BCUT2D eigenvalue weighted by molar-refractivity contribution is 7.45. The van der Waals surface area contributed by atoms with Crippen LogP contribution in [0, 0.1) is 5.92 Å². The van der Waals surface area contributed by atoms with Gasteiger partial charge in [0.25, 0.3) is 0 Å². The molecule has 0 aromatic heterocycles. The van der Waals surface area contributed by atoms with Gasteiger partial charge in [0.2, 0.25) is 0 Å². The average molecular weight is 228 g/mol. The molecule has 4 N–H and O–H groups in total. The minimum Gasteiger partial charge on any atom is -0.396 e. The summed E-state index contributed by atoms with van der Waals surface area (Å²) in [4.78, 5) is 21.6. The first-order valence-corrected chi connectivity index (χ1v) is 6.30. The zero-order chi connectivity index (χ0) is 11.6. The maximum Gasteiger partial charge on any atom is 0.466 e. The second kappa shape index (κ2) is 9.62. The van der Waals surface area contributed by atoms with Gasteiger partial charge < -0.3 is 19.8 Å². The zero-order valence-electron chi connectivity index (χ0n) is 8.76. The van der Waals surface area contributed by atoms with Gasteiger partial charge in [-0.1, -0.05) is 33.1 Å². The molecule has 0 fully saturated rings. The van der Waals surface area contributed by atoms with Crippen molar-refractivity contribution in [2.75, 3.05) is 6.61 Å². The lowest BCUT2D eigenvalue weighted by Gasteiger charge is -2.08. The molecule has 5 nitrogen and oxygen atoms in total. The molecule has 0 amide bonds. The summed E-state index contributed by atoms with van der Waals surface area (Å²) in [7, 11) is -4.64. The minimum absolute atomic E-state index is 0.372. The summed E-state index contributed by atoms with van der Waals surface area (Å²) in [6.07, 6.45) is 4.83. The number of aliphatic hydroxyl groups excluding tert-OH is 1. The second-order valence-corrected chi connectivity index (χ2v) is 4.14. The zero-order valence-corrected chi connectivity index (χ0v) is 9.65. The fourth-order valence-electron chi connectivity index (χ4n) is 0.917. The molecule has 0 aromatic rings. The van der Waals surface area contributed by atoms with Gasteiger partial charge >= 0.3 is 7.82 Å². The van der Waals surface area contributed by atoms with E-state index in [0.29, 0.717) is 12.5 Å². The van der Waals surface area contributed by atoms with Crippen LogP contribution in [-0.4, -0.2) is 26.4 Å². The summed E-state index contributed by atoms with van der Waals surface area (Å²) < 4.78 is 8.88. The fourth-order valence-corrected chi connectivity index (χ4v) is 0.917. The summed E-state index contributed by atoms with van der Waals surface area (Å²) >= 11 is 0. The average Bonchev–Trinajstić information content (AvgIpc) is 2.04.